The van der Waals surface area contributed by atoms with Gasteiger partial charge in [-0.1, -0.05) is 6.92 Å². The van der Waals surface area contributed by atoms with E-state index < -0.39 is 15.8 Å². The number of hydrogen-bond donors (Lipinski definition) is 1. The fourth-order valence-corrected chi connectivity index (χ4v) is 5.55. The second-order valence-corrected chi connectivity index (χ2v) is 8.69. The third-order valence-corrected chi connectivity index (χ3v) is 7.37. The van der Waals surface area contributed by atoms with Gasteiger partial charge in [0, 0.05) is 23.8 Å². The molecule has 1 N–H and O–H groups in total. The number of thiophene rings is 1. The van der Waals surface area contributed by atoms with Crippen molar-refractivity contribution in [2.24, 2.45) is 0 Å². The van der Waals surface area contributed by atoms with Crippen molar-refractivity contribution in [3.63, 3.8) is 0 Å². The third kappa shape index (κ3) is 3.32. The van der Waals surface area contributed by atoms with E-state index in [9.17, 15) is 8.42 Å². The first kappa shape index (κ1) is 15.4. The number of ether oxygens (including phenoxy) is 2. The molecule has 1 spiro atoms. The highest BCUT2D eigenvalue weighted by atomic mass is 32.2. The van der Waals surface area contributed by atoms with Gasteiger partial charge in [0.2, 0.25) is 10.0 Å². The van der Waals surface area contributed by atoms with Gasteiger partial charge in [0.15, 0.2) is 5.79 Å². The Morgan fingerprint density at radius 2 is 1.95 bits per heavy atom. The van der Waals surface area contributed by atoms with Crippen LogP contribution >= 0.6 is 11.3 Å². The zero-order valence-electron chi connectivity index (χ0n) is 12.1. The normalized spacial score (nSPS) is 22.9. The van der Waals surface area contributed by atoms with E-state index >= 15 is 0 Å². The fourth-order valence-electron chi connectivity index (χ4n) is 2.93. The number of sulfonamides is 1. The summed E-state index contributed by atoms with van der Waals surface area (Å²) < 4.78 is 39.3. The molecule has 0 radical (unpaired) electrons. The molecule has 1 aromatic heterocycles. The molecule has 0 unspecified atom stereocenters. The number of nitrogens with one attached hydrogen (secondary N) is 1. The van der Waals surface area contributed by atoms with Gasteiger partial charge in [-0.3, -0.25) is 0 Å². The first-order chi connectivity index (χ1) is 10.0. The monoisotopic (exact) mass is 331 g/mol. The van der Waals surface area contributed by atoms with Crippen LogP contribution in [0.5, 0.6) is 0 Å². The van der Waals surface area contributed by atoms with Crippen molar-refractivity contribution >= 4 is 21.4 Å². The molecule has 1 saturated carbocycles. The fraction of sp³-hybridized carbons (Fsp3) is 0.714. The summed E-state index contributed by atoms with van der Waals surface area (Å²) in [5.41, 5.74) is 0. The minimum absolute atomic E-state index is 0.0272. The standard InChI is InChI=1S/C14H21NO4S2/c1-2-12-3-4-13(20-12)21(16,17)15-11-5-7-14(8-6-11)18-9-10-19-14/h3-4,11,15H,2,5-10H2,1H3. The van der Waals surface area contributed by atoms with Gasteiger partial charge in [-0.2, -0.15) is 0 Å². The molecular weight excluding hydrogens is 310 g/mol. The van der Waals surface area contributed by atoms with Gasteiger partial charge in [-0.05, 0) is 31.4 Å². The molecule has 1 saturated heterocycles. The minimum Gasteiger partial charge on any atom is -0.348 e. The molecule has 0 bridgehead atoms. The molecule has 1 aliphatic heterocycles. The van der Waals surface area contributed by atoms with Crippen molar-refractivity contribution in [3.8, 4) is 0 Å². The SMILES string of the molecule is CCc1ccc(S(=O)(=O)NC2CCC3(CC2)OCCO3)s1. The smallest absolute Gasteiger partial charge is 0.250 e. The molecule has 2 heterocycles. The zero-order valence-corrected chi connectivity index (χ0v) is 13.8. The van der Waals surface area contributed by atoms with Crippen LogP contribution in [0.1, 0.15) is 37.5 Å². The Balaban J connectivity index is 1.61. The first-order valence-corrected chi connectivity index (χ1v) is 9.72. The van der Waals surface area contributed by atoms with Crippen LogP contribution in [-0.2, 0) is 25.9 Å². The van der Waals surface area contributed by atoms with Gasteiger partial charge in [0.05, 0.1) is 13.2 Å². The van der Waals surface area contributed by atoms with Gasteiger partial charge < -0.3 is 9.47 Å². The summed E-state index contributed by atoms with van der Waals surface area (Å²) in [6.07, 6.45) is 3.88. The predicted octanol–water partition coefficient (Wildman–Crippen LogP) is 2.27. The Morgan fingerprint density at radius 1 is 1.29 bits per heavy atom. The van der Waals surface area contributed by atoms with Gasteiger partial charge >= 0.3 is 0 Å². The zero-order chi connectivity index (χ0) is 14.9. The lowest BCUT2D eigenvalue weighted by molar-refractivity contribution is -0.178. The summed E-state index contributed by atoms with van der Waals surface area (Å²) in [4.78, 5) is 1.09. The van der Waals surface area contributed by atoms with Crippen molar-refractivity contribution < 1.29 is 17.9 Å². The molecule has 1 aromatic rings. The van der Waals surface area contributed by atoms with Crippen molar-refractivity contribution in [3.05, 3.63) is 17.0 Å². The van der Waals surface area contributed by atoms with Crippen LogP contribution in [0, 0.1) is 0 Å². The van der Waals surface area contributed by atoms with Crippen LogP contribution in [0.2, 0.25) is 0 Å². The Labute approximate surface area is 129 Å². The van der Waals surface area contributed by atoms with E-state index in [0.29, 0.717) is 17.4 Å². The van der Waals surface area contributed by atoms with Crippen LogP contribution in [0.4, 0.5) is 0 Å². The van der Waals surface area contributed by atoms with Crippen molar-refractivity contribution in [1.29, 1.82) is 0 Å². The van der Waals surface area contributed by atoms with Gasteiger partial charge in [0.25, 0.3) is 0 Å². The van der Waals surface area contributed by atoms with E-state index in [4.69, 9.17) is 9.47 Å². The van der Waals surface area contributed by atoms with Gasteiger partial charge in [0.1, 0.15) is 4.21 Å². The maximum atomic E-state index is 12.4. The average Bonchev–Trinajstić information content (AvgIpc) is 3.11. The largest absolute Gasteiger partial charge is 0.348 e. The number of rotatable bonds is 4. The maximum absolute atomic E-state index is 12.4. The highest BCUT2D eigenvalue weighted by Gasteiger charge is 2.41. The van der Waals surface area contributed by atoms with E-state index in [2.05, 4.69) is 4.72 Å². The molecular formula is C14H21NO4S2. The summed E-state index contributed by atoms with van der Waals surface area (Å²) in [5.74, 6) is -0.444. The second kappa shape index (κ2) is 5.96. The van der Waals surface area contributed by atoms with E-state index in [0.717, 1.165) is 37.0 Å². The molecule has 0 aromatic carbocycles. The Hall–Kier alpha value is -0.470. The highest BCUT2D eigenvalue weighted by Crippen LogP contribution is 2.36. The van der Waals surface area contributed by atoms with Crippen LogP contribution < -0.4 is 4.72 Å². The van der Waals surface area contributed by atoms with E-state index in [-0.39, 0.29) is 6.04 Å². The number of aryl methyl sites for hydroxylation is 1. The lowest BCUT2D eigenvalue weighted by atomic mass is 9.91. The van der Waals surface area contributed by atoms with Crippen LogP contribution in [0.25, 0.3) is 0 Å². The molecule has 2 fully saturated rings. The van der Waals surface area contributed by atoms with Crippen molar-refractivity contribution in [1.82, 2.24) is 4.72 Å². The van der Waals surface area contributed by atoms with Crippen LogP contribution in [0.3, 0.4) is 0 Å². The molecule has 3 rings (SSSR count). The lowest BCUT2D eigenvalue weighted by Gasteiger charge is -2.35. The lowest BCUT2D eigenvalue weighted by Crippen LogP contribution is -2.43. The summed E-state index contributed by atoms with van der Waals surface area (Å²) >= 11 is 1.35. The summed E-state index contributed by atoms with van der Waals surface area (Å²) in [5, 5.41) is 0. The van der Waals surface area contributed by atoms with Crippen LogP contribution in [0.15, 0.2) is 16.3 Å². The Bertz CT molecular complexity index is 580. The molecule has 0 atom stereocenters. The topological polar surface area (TPSA) is 64.6 Å². The molecule has 1 aliphatic carbocycles. The molecule has 0 amide bonds. The first-order valence-electron chi connectivity index (χ1n) is 7.42. The summed E-state index contributed by atoms with van der Waals surface area (Å²) in [6, 6.07) is 3.55. The quantitative estimate of drug-likeness (QED) is 0.919. The minimum atomic E-state index is -3.40. The Kier molecular flexibility index (Phi) is 4.38. The van der Waals surface area contributed by atoms with E-state index in [1.165, 1.54) is 11.3 Å². The second-order valence-electron chi connectivity index (χ2n) is 5.58. The maximum Gasteiger partial charge on any atom is 0.250 e. The molecule has 118 valence electrons. The third-order valence-electron chi connectivity index (χ3n) is 4.13. The highest BCUT2D eigenvalue weighted by molar-refractivity contribution is 7.91. The van der Waals surface area contributed by atoms with Crippen LogP contribution in [-0.4, -0.2) is 33.5 Å². The summed E-state index contributed by atoms with van der Waals surface area (Å²) in [6.45, 7) is 3.31. The van der Waals surface area contributed by atoms with Crippen molar-refractivity contribution in [2.45, 2.75) is 55.1 Å². The van der Waals surface area contributed by atoms with E-state index in [1.807, 2.05) is 13.0 Å². The van der Waals surface area contributed by atoms with Crippen molar-refractivity contribution in [2.75, 3.05) is 13.2 Å². The average molecular weight is 331 g/mol. The van der Waals surface area contributed by atoms with Gasteiger partial charge in [-0.15, -0.1) is 11.3 Å². The summed E-state index contributed by atoms with van der Waals surface area (Å²) in [7, 11) is -3.40. The number of hydrogen-bond acceptors (Lipinski definition) is 5. The molecule has 7 heteroatoms. The van der Waals surface area contributed by atoms with Gasteiger partial charge in [-0.25, -0.2) is 13.1 Å². The Morgan fingerprint density at radius 3 is 2.52 bits per heavy atom. The molecule has 21 heavy (non-hydrogen) atoms. The molecule has 2 aliphatic rings. The molecule has 5 nitrogen and oxygen atoms in total. The van der Waals surface area contributed by atoms with E-state index in [1.54, 1.807) is 6.07 Å². The predicted molar refractivity (Wildman–Crippen MR) is 80.9 cm³/mol.